The highest BCUT2D eigenvalue weighted by Gasteiger charge is 2.24. The van der Waals surface area contributed by atoms with E-state index in [0.29, 0.717) is 12.6 Å². The van der Waals surface area contributed by atoms with Crippen LogP contribution in [0.15, 0.2) is 42.5 Å². The molecule has 0 aliphatic carbocycles. The van der Waals surface area contributed by atoms with Crippen LogP contribution in [-0.4, -0.2) is 29.7 Å². The maximum absolute atomic E-state index is 14.3. The minimum Gasteiger partial charge on any atom is -0.371 e. The van der Waals surface area contributed by atoms with Gasteiger partial charge in [0.1, 0.15) is 11.6 Å². The fourth-order valence-corrected chi connectivity index (χ4v) is 4.59. The second-order valence-electron chi connectivity index (χ2n) is 9.78. The summed E-state index contributed by atoms with van der Waals surface area (Å²) < 4.78 is 14.3. The molecule has 3 aromatic rings. The Morgan fingerprint density at radius 1 is 1.09 bits per heavy atom. The summed E-state index contributed by atoms with van der Waals surface area (Å²) in [6, 6.07) is 13.5. The maximum atomic E-state index is 14.3. The van der Waals surface area contributed by atoms with E-state index in [9.17, 15) is 4.39 Å². The minimum absolute atomic E-state index is 0. The van der Waals surface area contributed by atoms with Crippen LogP contribution in [0, 0.1) is 12.7 Å². The molecule has 0 radical (unpaired) electrons. The van der Waals surface area contributed by atoms with Crippen molar-refractivity contribution in [2.24, 2.45) is 0 Å². The Balaban J connectivity index is 0.00000306. The van der Waals surface area contributed by atoms with Crippen molar-refractivity contribution in [3.05, 3.63) is 64.4 Å². The Labute approximate surface area is 207 Å². The van der Waals surface area contributed by atoms with E-state index in [1.54, 1.807) is 12.1 Å². The maximum Gasteiger partial charge on any atom is 0.129 e. The molecule has 1 aliphatic heterocycles. The number of nitrogens with one attached hydrogen (secondary N) is 2. The predicted octanol–water partition coefficient (Wildman–Crippen LogP) is 6.73. The monoisotopic (exact) mass is 490 g/mol. The Bertz CT molecular complexity index is 1090. The molecule has 1 fully saturated rings. The Hall–Kier alpha value is -2.08. The average molecular weight is 491 g/mol. The zero-order valence-electron chi connectivity index (χ0n) is 19.7. The summed E-state index contributed by atoms with van der Waals surface area (Å²) in [6.07, 6.45) is 2.12. The number of aromatic nitrogens is 1. The molecule has 2 N–H and O–H groups in total. The first-order valence-electron chi connectivity index (χ1n) is 11.3. The van der Waals surface area contributed by atoms with Gasteiger partial charge in [-0.05, 0) is 75.9 Å². The molecule has 0 bridgehead atoms. The average Bonchev–Trinajstić information content (AvgIpc) is 2.73. The Morgan fingerprint density at radius 3 is 2.39 bits per heavy atom. The van der Waals surface area contributed by atoms with Gasteiger partial charge in [-0.1, -0.05) is 23.7 Å². The van der Waals surface area contributed by atoms with Crippen molar-refractivity contribution in [2.45, 2.75) is 58.7 Å². The molecule has 2 aromatic carbocycles. The van der Waals surface area contributed by atoms with Crippen LogP contribution < -0.4 is 15.5 Å². The van der Waals surface area contributed by atoms with Gasteiger partial charge in [0.05, 0.1) is 5.52 Å². The molecule has 178 valence electrons. The third kappa shape index (κ3) is 6.50. The number of hydrogen-bond acceptors (Lipinski definition) is 4. The van der Waals surface area contributed by atoms with Gasteiger partial charge in [0, 0.05) is 53.4 Å². The molecule has 0 saturated carbocycles. The van der Waals surface area contributed by atoms with Crippen LogP contribution in [0.4, 0.5) is 15.9 Å². The fourth-order valence-electron chi connectivity index (χ4n) is 4.46. The van der Waals surface area contributed by atoms with Gasteiger partial charge in [-0.3, -0.25) is 0 Å². The number of nitrogens with zero attached hydrogens (tertiary/aromatic N) is 2. The SMILES string of the molecule is Cc1cc(F)cc2c(N3CCC(NC(C)(C)C)CC3)cc(NCc3ccc(Cl)cc3)nc12.Cl. The molecule has 0 spiro atoms. The summed E-state index contributed by atoms with van der Waals surface area (Å²) in [5, 5.41) is 8.77. The number of anilines is 2. The quantitative estimate of drug-likeness (QED) is 0.415. The van der Waals surface area contributed by atoms with Crippen LogP contribution in [-0.2, 0) is 6.54 Å². The number of piperidine rings is 1. The van der Waals surface area contributed by atoms with Crippen molar-refractivity contribution in [1.29, 1.82) is 0 Å². The molecular weight excluding hydrogens is 458 g/mol. The lowest BCUT2D eigenvalue weighted by Gasteiger charge is -2.37. The first-order valence-corrected chi connectivity index (χ1v) is 11.7. The lowest BCUT2D eigenvalue weighted by molar-refractivity contribution is 0.317. The van der Waals surface area contributed by atoms with Crippen LogP contribution in [0.25, 0.3) is 10.9 Å². The summed E-state index contributed by atoms with van der Waals surface area (Å²) in [5.41, 5.74) is 3.97. The number of rotatable bonds is 5. The predicted molar refractivity (Wildman–Crippen MR) is 141 cm³/mol. The molecule has 7 heteroatoms. The smallest absolute Gasteiger partial charge is 0.129 e. The highest BCUT2D eigenvalue weighted by atomic mass is 35.5. The van der Waals surface area contributed by atoms with Crippen LogP contribution in [0.3, 0.4) is 0 Å². The standard InChI is InChI=1S/C26H32ClFN4.ClH/c1-17-13-20(28)14-22-23(32-11-9-21(10-12-32)31-26(2,3)4)15-24(30-25(17)22)29-16-18-5-7-19(27)8-6-18;/h5-8,13-15,21,31H,9-12,16H2,1-4H3,(H,29,30);1H. The number of hydrogen-bond donors (Lipinski definition) is 2. The molecule has 0 amide bonds. The van der Waals surface area contributed by atoms with Gasteiger partial charge < -0.3 is 15.5 Å². The van der Waals surface area contributed by atoms with Gasteiger partial charge in [-0.15, -0.1) is 12.4 Å². The molecule has 2 heterocycles. The third-order valence-electron chi connectivity index (χ3n) is 5.91. The van der Waals surface area contributed by atoms with Crippen LogP contribution in [0.1, 0.15) is 44.7 Å². The van der Waals surface area contributed by atoms with Gasteiger partial charge >= 0.3 is 0 Å². The first-order chi connectivity index (χ1) is 15.2. The van der Waals surface area contributed by atoms with E-state index < -0.39 is 0 Å². The topological polar surface area (TPSA) is 40.2 Å². The van der Waals surface area contributed by atoms with Crippen molar-refractivity contribution < 1.29 is 4.39 Å². The van der Waals surface area contributed by atoms with Gasteiger partial charge in [0.15, 0.2) is 0 Å². The van der Waals surface area contributed by atoms with Gasteiger partial charge in [-0.25, -0.2) is 9.37 Å². The second-order valence-corrected chi connectivity index (χ2v) is 10.2. The molecule has 1 aromatic heterocycles. The first kappa shape index (κ1) is 25.5. The van der Waals surface area contributed by atoms with Crippen molar-refractivity contribution in [3.8, 4) is 0 Å². The van der Waals surface area contributed by atoms with Crippen LogP contribution in [0.2, 0.25) is 5.02 Å². The van der Waals surface area contributed by atoms with Gasteiger partial charge in [-0.2, -0.15) is 0 Å². The van der Waals surface area contributed by atoms with E-state index in [-0.39, 0.29) is 23.8 Å². The second kappa shape index (κ2) is 10.5. The van der Waals surface area contributed by atoms with Gasteiger partial charge in [0.25, 0.3) is 0 Å². The van der Waals surface area contributed by atoms with E-state index >= 15 is 0 Å². The number of pyridine rings is 1. The van der Waals surface area contributed by atoms with Crippen molar-refractivity contribution >= 4 is 46.4 Å². The number of halogens is 3. The highest BCUT2D eigenvalue weighted by Crippen LogP contribution is 2.33. The largest absolute Gasteiger partial charge is 0.371 e. The van der Waals surface area contributed by atoms with E-state index in [1.165, 1.54) is 0 Å². The Kier molecular flexibility index (Phi) is 8.09. The van der Waals surface area contributed by atoms with E-state index in [2.05, 4.69) is 42.4 Å². The molecule has 4 rings (SSSR count). The summed E-state index contributed by atoms with van der Waals surface area (Å²) in [5.74, 6) is 0.580. The van der Waals surface area contributed by atoms with Crippen molar-refractivity contribution in [2.75, 3.05) is 23.3 Å². The van der Waals surface area contributed by atoms with E-state index in [1.807, 2.05) is 31.2 Å². The molecule has 33 heavy (non-hydrogen) atoms. The summed E-state index contributed by atoms with van der Waals surface area (Å²) in [7, 11) is 0. The fraction of sp³-hybridized carbons (Fsp3) is 0.423. The van der Waals surface area contributed by atoms with Gasteiger partial charge in [0.2, 0.25) is 0 Å². The lowest BCUT2D eigenvalue weighted by atomic mass is 9.99. The molecular formula is C26H33Cl2FN4. The van der Waals surface area contributed by atoms with Crippen LogP contribution >= 0.6 is 24.0 Å². The van der Waals surface area contributed by atoms with E-state index in [4.69, 9.17) is 16.6 Å². The molecule has 4 nitrogen and oxygen atoms in total. The summed E-state index contributed by atoms with van der Waals surface area (Å²) in [6.45, 7) is 11.1. The zero-order valence-corrected chi connectivity index (χ0v) is 21.3. The number of benzene rings is 2. The highest BCUT2D eigenvalue weighted by molar-refractivity contribution is 6.30. The third-order valence-corrected chi connectivity index (χ3v) is 6.16. The molecule has 0 unspecified atom stereocenters. The normalized spacial score (nSPS) is 14.9. The number of aryl methyl sites for hydroxylation is 1. The lowest BCUT2D eigenvalue weighted by Crippen LogP contribution is -2.49. The summed E-state index contributed by atoms with van der Waals surface area (Å²) >= 11 is 6.00. The van der Waals surface area contributed by atoms with E-state index in [0.717, 1.165) is 64.5 Å². The molecule has 1 aliphatic rings. The minimum atomic E-state index is -0.218. The Morgan fingerprint density at radius 2 is 1.76 bits per heavy atom. The van der Waals surface area contributed by atoms with Crippen molar-refractivity contribution in [1.82, 2.24) is 10.3 Å². The van der Waals surface area contributed by atoms with Crippen molar-refractivity contribution in [3.63, 3.8) is 0 Å². The number of fused-ring (bicyclic) bond motifs is 1. The van der Waals surface area contributed by atoms with Crippen LogP contribution in [0.5, 0.6) is 0 Å². The zero-order chi connectivity index (χ0) is 22.9. The molecule has 0 atom stereocenters. The summed E-state index contributed by atoms with van der Waals surface area (Å²) in [4.78, 5) is 7.20. The molecule has 1 saturated heterocycles.